The van der Waals surface area contributed by atoms with Crippen molar-refractivity contribution in [3.05, 3.63) is 12.2 Å². The zero-order valence-corrected chi connectivity index (χ0v) is 15.7. The lowest BCUT2D eigenvalue weighted by molar-refractivity contribution is -0.143. The molecule has 3 aliphatic rings. The summed E-state index contributed by atoms with van der Waals surface area (Å²) in [6, 6.07) is 0. The summed E-state index contributed by atoms with van der Waals surface area (Å²) in [5.74, 6) is -0.215. The molecule has 0 aromatic carbocycles. The average molecular weight is 378 g/mol. The molecule has 1 unspecified atom stereocenters. The first-order valence-electron chi connectivity index (χ1n) is 10.1. The normalized spacial score (nSPS) is 33.9. The number of aliphatic hydroxyl groups excluding tert-OH is 1. The molecule has 150 valence electrons. The number of carbonyl (C=O) groups excluding carboxylic acids is 2. The summed E-state index contributed by atoms with van der Waals surface area (Å²) in [5.41, 5.74) is 0. The van der Waals surface area contributed by atoms with Crippen molar-refractivity contribution in [2.45, 2.75) is 57.6 Å². The molecule has 1 aliphatic heterocycles. The van der Waals surface area contributed by atoms with E-state index in [9.17, 15) is 19.5 Å². The van der Waals surface area contributed by atoms with Crippen LogP contribution in [0.3, 0.4) is 0 Å². The largest absolute Gasteiger partial charge is 0.481 e. The van der Waals surface area contributed by atoms with E-state index >= 15 is 0 Å². The highest BCUT2D eigenvalue weighted by molar-refractivity contribution is 5.90. The standard InChI is InChI=1S/C20H30N2O5/c23-17-9-10-18(24)22(17)12-14-3-5-15(6-4-14)19(25)21-11-13-1-7-16(8-2-13)20(26)27/h9-10,13-17,23H,1-8,11-12H2,(H,21,25)(H,26,27)/t13?,14-,15-,16?,17?. The second-order valence-electron chi connectivity index (χ2n) is 8.28. The van der Waals surface area contributed by atoms with Gasteiger partial charge in [-0.1, -0.05) is 0 Å². The molecule has 2 amide bonds. The third-order valence-electron chi connectivity index (χ3n) is 6.45. The summed E-state index contributed by atoms with van der Waals surface area (Å²) < 4.78 is 0. The van der Waals surface area contributed by atoms with Crippen molar-refractivity contribution < 1.29 is 24.6 Å². The Hall–Kier alpha value is -1.89. The van der Waals surface area contributed by atoms with E-state index in [0.717, 1.165) is 38.5 Å². The summed E-state index contributed by atoms with van der Waals surface area (Å²) in [4.78, 5) is 36.6. The molecule has 0 radical (unpaired) electrons. The van der Waals surface area contributed by atoms with Gasteiger partial charge in [0.05, 0.1) is 5.92 Å². The molecule has 7 nitrogen and oxygen atoms in total. The Bertz CT molecular complexity index is 589. The van der Waals surface area contributed by atoms with E-state index in [1.165, 1.54) is 17.1 Å². The smallest absolute Gasteiger partial charge is 0.306 e. The number of hydrogen-bond donors (Lipinski definition) is 3. The van der Waals surface area contributed by atoms with E-state index in [0.29, 0.717) is 37.8 Å². The Kier molecular flexibility index (Phi) is 6.52. The van der Waals surface area contributed by atoms with E-state index in [4.69, 9.17) is 5.11 Å². The predicted octanol–water partition coefficient (Wildman–Crippen LogP) is 1.52. The molecular weight excluding hydrogens is 348 g/mol. The van der Waals surface area contributed by atoms with Gasteiger partial charge in [0.15, 0.2) is 0 Å². The summed E-state index contributed by atoms with van der Waals surface area (Å²) in [6.07, 6.45) is 8.65. The van der Waals surface area contributed by atoms with Crippen LogP contribution in [-0.4, -0.2) is 52.2 Å². The van der Waals surface area contributed by atoms with Gasteiger partial charge in [0.1, 0.15) is 6.23 Å². The first-order chi connectivity index (χ1) is 12.9. The maximum absolute atomic E-state index is 12.4. The lowest BCUT2D eigenvalue weighted by Gasteiger charge is -2.32. The lowest BCUT2D eigenvalue weighted by Crippen LogP contribution is -2.40. The quantitative estimate of drug-likeness (QED) is 0.650. The minimum atomic E-state index is -0.810. The molecule has 0 spiro atoms. The molecule has 0 aromatic heterocycles. The molecule has 3 rings (SSSR count). The fourth-order valence-electron chi connectivity index (χ4n) is 4.58. The summed E-state index contributed by atoms with van der Waals surface area (Å²) >= 11 is 0. The minimum absolute atomic E-state index is 0.0222. The van der Waals surface area contributed by atoms with Crippen molar-refractivity contribution >= 4 is 17.8 Å². The monoisotopic (exact) mass is 378 g/mol. The van der Waals surface area contributed by atoms with Gasteiger partial charge < -0.3 is 20.4 Å². The second kappa shape index (κ2) is 8.87. The summed E-state index contributed by atoms with van der Waals surface area (Å²) in [6.45, 7) is 1.19. The van der Waals surface area contributed by atoms with Gasteiger partial charge in [0, 0.05) is 25.1 Å². The number of nitrogens with zero attached hydrogens (tertiary/aromatic N) is 1. The van der Waals surface area contributed by atoms with Crippen LogP contribution in [0.2, 0.25) is 0 Å². The molecule has 27 heavy (non-hydrogen) atoms. The van der Waals surface area contributed by atoms with Crippen LogP contribution in [0.1, 0.15) is 51.4 Å². The van der Waals surface area contributed by atoms with Crippen molar-refractivity contribution in [1.29, 1.82) is 0 Å². The van der Waals surface area contributed by atoms with Gasteiger partial charge in [-0.05, 0) is 69.3 Å². The Labute approximate surface area is 159 Å². The Morgan fingerprint density at radius 3 is 2.15 bits per heavy atom. The summed E-state index contributed by atoms with van der Waals surface area (Å²) in [7, 11) is 0. The number of carboxylic acids is 1. The van der Waals surface area contributed by atoms with E-state index in [2.05, 4.69) is 5.32 Å². The number of rotatable bonds is 6. The third kappa shape index (κ3) is 5.09. The number of carboxylic acid groups (broad SMARTS) is 1. The Morgan fingerprint density at radius 1 is 1.00 bits per heavy atom. The average Bonchev–Trinajstić information content (AvgIpc) is 2.99. The van der Waals surface area contributed by atoms with Crippen molar-refractivity contribution in [2.75, 3.05) is 13.1 Å². The Balaban J connectivity index is 1.34. The number of nitrogens with one attached hydrogen (secondary N) is 1. The molecule has 2 saturated carbocycles. The zero-order valence-electron chi connectivity index (χ0n) is 15.7. The Morgan fingerprint density at radius 2 is 1.59 bits per heavy atom. The third-order valence-corrected chi connectivity index (χ3v) is 6.45. The summed E-state index contributed by atoms with van der Waals surface area (Å²) in [5, 5.41) is 21.9. The molecule has 2 aliphatic carbocycles. The van der Waals surface area contributed by atoms with Gasteiger partial charge in [-0.15, -0.1) is 0 Å². The van der Waals surface area contributed by atoms with Gasteiger partial charge in [-0.25, -0.2) is 0 Å². The molecule has 1 atom stereocenters. The molecule has 0 aromatic rings. The maximum atomic E-state index is 12.4. The lowest BCUT2D eigenvalue weighted by atomic mass is 9.80. The van der Waals surface area contributed by atoms with E-state index in [-0.39, 0.29) is 23.7 Å². The number of aliphatic carboxylic acids is 1. The first-order valence-corrected chi connectivity index (χ1v) is 10.1. The molecule has 0 bridgehead atoms. The molecule has 1 heterocycles. The van der Waals surface area contributed by atoms with Crippen molar-refractivity contribution in [3.63, 3.8) is 0 Å². The highest BCUT2D eigenvalue weighted by atomic mass is 16.4. The number of hydrogen-bond acceptors (Lipinski definition) is 4. The fourth-order valence-corrected chi connectivity index (χ4v) is 4.58. The SMILES string of the molecule is O=C(O)C1CCC(CNC(=O)[C@H]2CC[C@H](CN3C(=O)C=CC3O)CC2)CC1. The molecule has 3 N–H and O–H groups in total. The van der Waals surface area contributed by atoms with Gasteiger partial charge in [0.2, 0.25) is 11.8 Å². The topological polar surface area (TPSA) is 107 Å². The fraction of sp³-hybridized carbons (Fsp3) is 0.750. The second-order valence-corrected chi connectivity index (χ2v) is 8.28. The molecule has 7 heteroatoms. The molecule has 2 fully saturated rings. The van der Waals surface area contributed by atoms with Crippen molar-refractivity contribution in [1.82, 2.24) is 10.2 Å². The van der Waals surface area contributed by atoms with Crippen LogP contribution in [0.4, 0.5) is 0 Å². The van der Waals surface area contributed by atoms with Crippen LogP contribution in [-0.2, 0) is 14.4 Å². The maximum Gasteiger partial charge on any atom is 0.306 e. The zero-order chi connectivity index (χ0) is 19.4. The number of amides is 2. The van der Waals surface area contributed by atoms with Crippen molar-refractivity contribution in [3.8, 4) is 0 Å². The highest BCUT2D eigenvalue weighted by Gasteiger charge is 2.32. The van der Waals surface area contributed by atoms with Crippen LogP contribution in [0.15, 0.2) is 12.2 Å². The van der Waals surface area contributed by atoms with Crippen LogP contribution in [0.25, 0.3) is 0 Å². The van der Waals surface area contributed by atoms with E-state index in [1.54, 1.807) is 0 Å². The van der Waals surface area contributed by atoms with Crippen LogP contribution in [0.5, 0.6) is 0 Å². The highest BCUT2D eigenvalue weighted by Crippen LogP contribution is 2.31. The minimum Gasteiger partial charge on any atom is -0.481 e. The molecule has 0 saturated heterocycles. The van der Waals surface area contributed by atoms with E-state index in [1.807, 2.05) is 0 Å². The van der Waals surface area contributed by atoms with Gasteiger partial charge in [-0.2, -0.15) is 0 Å². The van der Waals surface area contributed by atoms with Crippen molar-refractivity contribution in [2.24, 2.45) is 23.7 Å². The van der Waals surface area contributed by atoms with Gasteiger partial charge >= 0.3 is 5.97 Å². The van der Waals surface area contributed by atoms with Crippen LogP contribution < -0.4 is 5.32 Å². The predicted molar refractivity (Wildman–Crippen MR) is 98.4 cm³/mol. The van der Waals surface area contributed by atoms with Gasteiger partial charge in [-0.3, -0.25) is 14.4 Å². The first kappa shape index (κ1) is 19.9. The van der Waals surface area contributed by atoms with Crippen LogP contribution >= 0.6 is 0 Å². The van der Waals surface area contributed by atoms with Gasteiger partial charge in [0.25, 0.3) is 0 Å². The molecular formula is C20H30N2O5. The van der Waals surface area contributed by atoms with Crippen LogP contribution in [0, 0.1) is 23.7 Å². The van der Waals surface area contributed by atoms with E-state index < -0.39 is 12.2 Å². The number of carbonyl (C=O) groups is 3. The number of aliphatic hydroxyl groups is 1.